The normalized spacial score (nSPS) is 13.4. The van der Waals surface area contributed by atoms with Crippen LogP contribution < -0.4 is 72.3 Å². The molecule has 2 atom stereocenters. The molecule has 78 heavy (non-hydrogen) atoms. The van der Waals surface area contributed by atoms with Gasteiger partial charge in [-0.05, 0) is 101 Å². The Morgan fingerprint density at radius 3 is 1.67 bits per heavy atom. The van der Waals surface area contributed by atoms with Gasteiger partial charge in [-0.2, -0.15) is 39.5 Å². The van der Waals surface area contributed by atoms with Crippen molar-refractivity contribution in [1.29, 1.82) is 0 Å². The number of nitrogens with zero attached hydrogens (tertiary/aromatic N) is 4. The van der Waals surface area contributed by atoms with Gasteiger partial charge in [0.2, 0.25) is 0 Å². The molecule has 2 unspecified atom stereocenters. The molecule has 1 fully saturated rings. The van der Waals surface area contributed by atoms with Gasteiger partial charge in [0.05, 0.1) is 62.9 Å². The average molecular weight is 1200 g/mol. The maximum absolute atomic E-state index is 12.8. The summed E-state index contributed by atoms with van der Waals surface area (Å²) < 4.78 is 129. The first-order chi connectivity index (χ1) is 36.1. The van der Waals surface area contributed by atoms with Crippen LogP contribution in [-0.4, -0.2) is 122 Å². The van der Waals surface area contributed by atoms with Gasteiger partial charge in [-0.25, -0.2) is 14.6 Å². The summed E-state index contributed by atoms with van der Waals surface area (Å²) in [4.78, 5) is 25.6. The van der Waals surface area contributed by atoms with Crippen LogP contribution in [0.1, 0.15) is 53.1 Å². The number of ether oxygens (including phenoxy) is 1. The molecule has 393 valence electrons. The zero-order chi connectivity index (χ0) is 55.9. The molecule has 0 bridgehead atoms. The van der Waals surface area contributed by atoms with Gasteiger partial charge in [-0.1, -0.05) is 103 Å². The number of benzene rings is 6. The fourth-order valence-corrected chi connectivity index (χ4v) is 7.03. The van der Waals surface area contributed by atoms with E-state index in [1.165, 1.54) is 112 Å². The zero-order valence-corrected chi connectivity index (χ0v) is 53.0. The van der Waals surface area contributed by atoms with E-state index in [1.807, 2.05) is 60.7 Å². The third-order valence-electron chi connectivity index (χ3n) is 10.4. The van der Waals surface area contributed by atoms with E-state index in [0.29, 0.717) is 39.1 Å². The molecule has 6 aromatic carbocycles. The average Bonchev–Trinajstić information content (AvgIpc) is 4.02. The Kier molecular flexibility index (Phi) is 34.2. The second-order valence-electron chi connectivity index (χ2n) is 15.6. The third-order valence-corrected chi connectivity index (χ3v) is 10.7. The second kappa shape index (κ2) is 36.8. The Morgan fingerprint density at radius 2 is 1.14 bits per heavy atom. The van der Waals surface area contributed by atoms with Crippen molar-refractivity contribution in [3.63, 3.8) is 0 Å². The molecule has 2 aliphatic rings. The van der Waals surface area contributed by atoms with Crippen molar-refractivity contribution in [1.82, 2.24) is 19.9 Å². The van der Waals surface area contributed by atoms with Crippen molar-refractivity contribution in [2.45, 2.75) is 50.3 Å². The van der Waals surface area contributed by atoms with E-state index >= 15 is 0 Å². The maximum atomic E-state index is 12.8. The van der Waals surface area contributed by atoms with Gasteiger partial charge in [0.25, 0.3) is 0 Å². The van der Waals surface area contributed by atoms with Gasteiger partial charge < -0.3 is 30.3 Å². The standard InChI is InChI=1S/C16H14F3N.C15H9F3N2.C8H5ClN2.C7H6BF3O2.C4H8O.B.3K.HO4P/c17-16(18,19)13-6-3-5-12(10-13)15-9-8-11-4-1-2-7-14(11)20-15;16-15(17,18)11-5-3-4-10(8-11)14-9-19-12-6-1-2-7-13(12)20-14;9-8-5-10-6-3-1-2-4-7(6)11-8;9-7(10,11)5-2-1-3-6(4-5)8(12)13;1-2-4-5-3-1;;;;;1-4-5(2)3/h1-7,10,15,20H,8-9H2;1-9H;1-5H;1-4,12-13H;1-4H2;;;;;1H/q;;;;;;;;+1;/p-1. The van der Waals surface area contributed by atoms with Crippen LogP contribution in [0, 0.1) is 0 Å². The van der Waals surface area contributed by atoms with Crippen LogP contribution in [-0.2, 0) is 38.9 Å². The Bertz CT molecular complexity index is 3080. The molecule has 0 spiro atoms. The Labute approximate surface area is 539 Å². The van der Waals surface area contributed by atoms with E-state index in [1.54, 1.807) is 30.5 Å². The third kappa shape index (κ3) is 25.5. The number of fused-ring (bicyclic) bond motifs is 3. The molecule has 2 aliphatic heterocycles. The summed E-state index contributed by atoms with van der Waals surface area (Å²) in [6.07, 6.45) is -5.84. The summed E-state index contributed by atoms with van der Waals surface area (Å²) in [5, 5.41) is 29.5. The molecule has 0 amide bonds. The first kappa shape index (κ1) is 72.5. The summed E-state index contributed by atoms with van der Waals surface area (Å²) in [7, 11) is -5.03. The van der Waals surface area contributed by atoms with Crippen molar-refractivity contribution in [2.75, 3.05) is 18.5 Å². The van der Waals surface area contributed by atoms with E-state index in [0.717, 1.165) is 73.1 Å². The molecule has 28 heteroatoms. The summed E-state index contributed by atoms with van der Waals surface area (Å²) in [5.74, 6) is 0. The molecule has 8 aromatic rings. The Balaban J connectivity index is 0.000000336. The molecule has 12 nitrogen and oxygen atoms in total. The number of aromatic nitrogens is 4. The number of hydrogen-bond acceptors (Lipinski definition) is 12. The fourth-order valence-electron chi connectivity index (χ4n) is 6.89. The summed E-state index contributed by atoms with van der Waals surface area (Å²) in [6.45, 7) is 2.00. The summed E-state index contributed by atoms with van der Waals surface area (Å²) in [5.41, 5.74) is 4.48. The molecule has 4 heterocycles. The van der Waals surface area contributed by atoms with E-state index in [4.69, 9.17) is 41.1 Å². The van der Waals surface area contributed by atoms with Crippen molar-refractivity contribution in [3.8, 4) is 11.3 Å². The SMILES string of the molecule is C1CCOC1.Clc1cnc2ccccc2n1.FC(F)(F)c1cccc(-c2cnc3ccccc3n2)c1.FC(F)(F)c1cccc(C2CCc3ccccc3N2)c1.O=[P+]([O-])O[O-].OB(O)c1cccc(C(F)(F)F)c1.[B].[K+].[K][K]. The predicted octanol–water partition coefficient (Wildman–Crippen LogP) is 6.74. The number of hydrogen-bond donors (Lipinski definition) is 3. The zero-order valence-electron chi connectivity index (χ0n) is 41.9. The topological polar surface area (TPSA) is 186 Å². The Hall–Kier alpha value is -1.64. The quantitative estimate of drug-likeness (QED) is 0.0555. The Morgan fingerprint density at radius 1 is 0.667 bits per heavy atom. The molecule has 3 radical (unpaired) electrons. The molecule has 0 aliphatic carbocycles. The van der Waals surface area contributed by atoms with E-state index in [2.05, 4.69) is 29.9 Å². The molecule has 10 rings (SSSR count). The van der Waals surface area contributed by atoms with Crippen molar-refractivity contribution in [2.24, 2.45) is 0 Å². The van der Waals surface area contributed by atoms with Crippen LogP contribution in [0.4, 0.5) is 45.2 Å². The van der Waals surface area contributed by atoms with Gasteiger partial charge in [-0.15, -0.1) is 0 Å². The van der Waals surface area contributed by atoms with Crippen LogP contribution in [0.25, 0.3) is 33.3 Å². The van der Waals surface area contributed by atoms with Crippen LogP contribution in [0.5, 0.6) is 0 Å². The number of nitrogens with one attached hydrogen (secondary N) is 1. The van der Waals surface area contributed by atoms with Crippen molar-refractivity contribution in [3.05, 3.63) is 191 Å². The first-order valence-corrected chi connectivity index (χ1v) is 40.4. The van der Waals surface area contributed by atoms with Crippen LogP contribution in [0.2, 0.25) is 5.15 Å². The first-order valence-electron chi connectivity index (χ1n) is 23.0. The number of para-hydroxylation sites is 5. The summed E-state index contributed by atoms with van der Waals surface area (Å²) >= 11 is 8.15. The number of aryl methyl sites for hydroxylation is 1. The molecule has 1 saturated heterocycles. The van der Waals surface area contributed by atoms with E-state index < -0.39 is 50.6 Å². The minimum atomic E-state index is -4.45. The monoisotopic (exact) mass is 1200 g/mol. The van der Waals surface area contributed by atoms with Crippen molar-refractivity contribution < 1.29 is 125 Å². The molecule has 0 saturated carbocycles. The van der Waals surface area contributed by atoms with Gasteiger partial charge in [-0.3, -0.25) is 9.97 Å². The minimum absolute atomic E-state index is 0. The number of rotatable bonds is 4. The van der Waals surface area contributed by atoms with Crippen LogP contribution in [0.3, 0.4) is 0 Å². The molecule has 3 N–H and O–H groups in total. The summed E-state index contributed by atoms with van der Waals surface area (Å²) in [6, 6.07) is 37.3. The predicted molar refractivity (Wildman–Crippen MR) is 274 cm³/mol. The van der Waals surface area contributed by atoms with Gasteiger partial charge in [0, 0.05) is 32.9 Å². The number of alkyl halides is 9. The van der Waals surface area contributed by atoms with Gasteiger partial charge >= 0.3 is 148 Å². The van der Waals surface area contributed by atoms with Crippen LogP contribution in [0.15, 0.2) is 158 Å². The van der Waals surface area contributed by atoms with Crippen LogP contribution >= 0.6 is 19.9 Å². The molecule has 2 aromatic heterocycles. The van der Waals surface area contributed by atoms with Crippen molar-refractivity contribution >= 4 is 132 Å². The molecular weight excluding hydrogens is 1160 g/mol. The second-order valence-corrected chi connectivity index (χ2v) is 16.6. The van der Waals surface area contributed by atoms with Gasteiger partial charge in [0.15, 0.2) is 0 Å². The van der Waals surface area contributed by atoms with E-state index in [-0.39, 0.29) is 71.3 Å². The van der Waals surface area contributed by atoms with E-state index in [9.17, 15) is 39.5 Å². The van der Waals surface area contributed by atoms with Gasteiger partial charge in [0.1, 0.15) is 5.15 Å². The number of anilines is 1. The molecular formula is C50H42B2ClF9K3N5O7P. The number of halogens is 10. The fraction of sp³-hybridized carbons (Fsp3) is 0.200.